The molecule has 4 aliphatic rings. The first-order valence-corrected chi connectivity index (χ1v) is 23.7. The number of para-hydroxylation sites is 3. The second kappa shape index (κ2) is 14.7. The lowest BCUT2D eigenvalue weighted by atomic mass is 9.48. The fraction of sp³-hybridized carbons (Fsp3) is 0.164. The summed E-state index contributed by atoms with van der Waals surface area (Å²) >= 11 is 0. The Bertz CT molecular complexity index is 3650. The highest BCUT2D eigenvalue weighted by atomic mass is 16.3. The summed E-state index contributed by atoms with van der Waals surface area (Å²) in [6, 6.07) is 67.3. The largest absolute Gasteiger partial charge is 0.455 e. The van der Waals surface area contributed by atoms with Crippen LogP contribution in [0, 0.1) is 17.8 Å². The van der Waals surface area contributed by atoms with Crippen molar-refractivity contribution in [3.8, 4) is 62.1 Å². The second-order valence-corrected chi connectivity index (χ2v) is 19.5. The van der Waals surface area contributed by atoms with E-state index >= 15 is 0 Å². The van der Waals surface area contributed by atoms with Crippen LogP contribution >= 0.6 is 0 Å². The molecule has 4 bridgehead atoms. The molecule has 0 N–H and O–H groups in total. The molecule has 0 saturated heterocycles. The van der Waals surface area contributed by atoms with Crippen molar-refractivity contribution in [2.75, 3.05) is 0 Å². The molecule has 5 nitrogen and oxygen atoms in total. The Morgan fingerprint density at radius 1 is 0.409 bits per heavy atom. The number of aromatic nitrogens is 4. The summed E-state index contributed by atoms with van der Waals surface area (Å²) in [7, 11) is 0. The monoisotopic (exact) mass is 850 g/mol. The Hall–Kier alpha value is -7.63. The second-order valence-electron chi connectivity index (χ2n) is 19.5. The van der Waals surface area contributed by atoms with Gasteiger partial charge in [0.2, 0.25) is 0 Å². The van der Waals surface area contributed by atoms with Gasteiger partial charge >= 0.3 is 0 Å². The van der Waals surface area contributed by atoms with E-state index in [2.05, 4.69) is 174 Å². The van der Waals surface area contributed by atoms with E-state index in [9.17, 15) is 0 Å². The summed E-state index contributed by atoms with van der Waals surface area (Å²) < 4.78 is 9.21. The fourth-order valence-electron chi connectivity index (χ4n) is 12.8. The number of hydrogen-bond acceptors (Lipinski definition) is 4. The van der Waals surface area contributed by atoms with Gasteiger partial charge in [-0.25, -0.2) is 15.0 Å². The van der Waals surface area contributed by atoms with E-state index in [0.717, 1.165) is 78.9 Å². The maximum atomic E-state index is 6.85. The molecule has 4 saturated carbocycles. The highest BCUT2D eigenvalue weighted by molar-refractivity contribution is 6.11. The molecular formula is C61H46N4O. The predicted molar refractivity (Wildman–Crippen MR) is 268 cm³/mol. The summed E-state index contributed by atoms with van der Waals surface area (Å²) in [4.78, 5) is 15.9. The summed E-state index contributed by atoms with van der Waals surface area (Å²) in [5.74, 6) is 4.48. The van der Waals surface area contributed by atoms with E-state index in [1.165, 1.54) is 71.3 Å². The average Bonchev–Trinajstić information content (AvgIpc) is 3.92. The number of benzene rings is 8. The van der Waals surface area contributed by atoms with Gasteiger partial charge < -0.3 is 8.98 Å². The zero-order valence-corrected chi connectivity index (χ0v) is 36.6. The number of fused-ring (bicyclic) bond motifs is 6. The van der Waals surface area contributed by atoms with E-state index in [4.69, 9.17) is 19.4 Å². The van der Waals surface area contributed by atoms with Gasteiger partial charge in [0.15, 0.2) is 17.5 Å². The van der Waals surface area contributed by atoms with Crippen LogP contribution < -0.4 is 0 Å². The molecule has 316 valence electrons. The lowest BCUT2D eigenvalue weighted by molar-refractivity contribution is -0.00513. The third kappa shape index (κ3) is 6.10. The van der Waals surface area contributed by atoms with Crippen molar-refractivity contribution in [2.24, 2.45) is 17.8 Å². The first kappa shape index (κ1) is 37.7. The maximum Gasteiger partial charge on any atom is 0.167 e. The van der Waals surface area contributed by atoms with Gasteiger partial charge in [-0.05, 0) is 156 Å². The van der Waals surface area contributed by atoms with Gasteiger partial charge in [-0.2, -0.15) is 0 Å². The van der Waals surface area contributed by atoms with Crippen LogP contribution in [0.25, 0.3) is 106 Å². The Kier molecular flexibility index (Phi) is 8.40. The number of hydrogen-bond donors (Lipinski definition) is 0. The van der Waals surface area contributed by atoms with Gasteiger partial charge in [0, 0.05) is 38.4 Å². The molecule has 0 unspecified atom stereocenters. The van der Waals surface area contributed by atoms with Gasteiger partial charge in [0.1, 0.15) is 11.2 Å². The molecule has 15 rings (SSSR count). The van der Waals surface area contributed by atoms with E-state index in [1.54, 1.807) is 0 Å². The molecule has 0 aliphatic heterocycles. The molecule has 11 aromatic rings. The molecule has 0 atom stereocenters. The lowest BCUT2D eigenvalue weighted by Gasteiger charge is -2.57. The van der Waals surface area contributed by atoms with Gasteiger partial charge in [0.05, 0.1) is 16.6 Å². The standard InChI is InChI=1S/C61H46N4O/c1-4-13-41(14-5-1)44-30-45(43-23-25-55-52(33-43)49-19-10-11-22-54(49)65(55)48-17-8-3-9-18-48)32-46(31-44)59-62-58(42-15-6-2-7-16-42)63-60(64-59)51-21-12-20-50-53-34-47(24-26-56(53)66-57(50)51)61-35-38-27-39(36-61)29-40(28-38)37-61/h1-26,30-34,38-40H,27-29,35-37H2. The number of nitrogens with zero attached hydrogens (tertiary/aromatic N) is 4. The molecule has 3 aromatic heterocycles. The van der Waals surface area contributed by atoms with Gasteiger partial charge in [0.25, 0.3) is 0 Å². The van der Waals surface area contributed by atoms with Crippen molar-refractivity contribution in [1.29, 1.82) is 0 Å². The van der Waals surface area contributed by atoms with Gasteiger partial charge in [-0.1, -0.05) is 121 Å². The molecule has 8 aromatic carbocycles. The summed E-state index contributed by atoms with van der Waals surface area (Å²) in [6.07, 6.45) is 8.32. The van der Waals surface area contributed by atoms with Crippen molar-refractivity contribution in [3.63, 3.8) is 0 Å². The third-order valence-corrected chi connectivity index (χ3v) is 15.4. The highest BCUT2D eigenvalue weighted by Crippen LogP contribution is 2.61. The first-order valence-electron chi connectivity index (χ1n) is 23.7. The zero-order valence-electron chi connectivity index (χ0n) is 36.6. The van der Waals surface area contributed by atoms with Crippen molar-refractivity contribution in [1.82, 2.24) is 19.5 Å². The minimum absolute atomic E-state index is 0.303. The number of furan rings is 1. The maximum absolute atomic E-state index is 6.85. The van der Waals surface area contributed by atoms with Crippen molar-refractivity contribution < 1.29 is 4.42 Å². The van der Waals surface area contributed by atoms with Gasteiger partial charge in [-0.15, -0.1) is 0 Å². The first-order chi connectivity index (χ1) is 32.6. The minimum atomic E-state index is 0.303. The Labute approximate surface area is 383 Å². The van der Waals surface area contributed by atoms with Crippen LogP contribution in [0.15, 0.2) is 192 Å². The highest BCUT2D eigenvalue weighted by Gasteiger charge is 2.51. The lowest BCUT2D eigenvalue weighted by Crippen LogP contribution is -2.48. The fourth-order valence-corrected chi connectivity index (χ4v) is 12.8. The van der Waals surface area contributed by atoms with E-state index in [0.29, 0.717) is 22.9 Å². The van der Waals surface area contributed by atoms with Crippen LogP contribution in [0.2, 0.25) is 0 Å². The van der Waals surface area contributed by atoms with Crippen molar-refractivity contribution >= 4 is 43.7 Å². The molecule has 66 heavy (non-hydrogen) atoms. The summed E-state index contributed by atoms with van der Waals surface area (Å²) in [5, 5.41) is 4.71. The van der Waals surface area contributed by atoms with E-state index in [-0.39, 0.29) is 0 Å². The van der Waals surface area contributed by atoms with Crippen LogP contribution in [0.4, 0.5) is 0 Å². The van der Waals surface area contributed by atoms with Crippen LogP contribution in [0.3, 0.4) is 0 Å². The third-order valence-electron chi connectivity index (χ3n) is 15.4. The van der Waals surface area contributed by atoms with Crippen LogP contribution in [0.1, 0.15) is 44.1 Å². The van der Waals surface area contributed by atoms with E-state index < -0.39 is 0 Å². The number of rotatable bonds is 7. The molecule has 5 heteroatoms. The SMILES string of the molecule is c1ccc(-c2cc(-c3ccc4c(c3)c3ccccc3n4-c3ccccc3)cc(-c3nc(-c4ccccc4)nc(-c4cccc5c4oc4ccc(C67CC8CC(CC(C8)C6)C7)cc45)n3)c2)cc1. The average molecular weight is 851 g/mol. The molecule has 0 spiro atoms. The van der Waals surface area contributed by atoms with Crippen LogP contribution in [-0.4, -0.2) is 19.5 Å². The summed E-state index contributed by atoms with van der Waals surface area (Å²) in [6.45, 7) is 0. The van der Waals surface area contributed by atoms with Crippen molar-refractivity contribution in [3.05, 3.63) is 194 Å². The topological polar surface area (TPSA) is 56.7 Å². The molecule has 0 radical (unpaired) electrons. The summed E-state index contributed by atoms with van der Waals surface area (Å²) in [5.41, 5.74) is 14.2. The smallest absolute Gasteiger partial charge is 0.167 e. The predicted octanol–water partition coefficient (Wildman–Crippen LogP) is 15.7. The molecule has 4 fully saturated rings. The molecular weight excluding hydrogens is 805 g/mol. The Morgan fingerprint density at radius 3 is 1.74 bits per heavy atom. The molecule has 4 aliphatic carbocycles. The zero-order chi connectivity index (χ0) is 43.3. The van der Waals surface area contributed by atoms with Crippen molar-refractivity contribution in [2.45, 2.75) is 43.9 Å². The Balaban J connectivity index is 0.938. The Morgan fingerprint density at radius 2 is 1.00 bits per heavy atom. The molecule has 3 heterocycles. The van der Waals surface area contributed by atoms with Gasteiger partial charge in [-0.3, -0.25) is 0 Å². The van der Waals surface area contributed by atoms with Crippen LogP contribution in [-0.2, 0) is 5.41 Å². The molecule has 0 amide bonds. The van der Waals surface area contributed by atoms with E-state index in [1.807, 2.05) is 18.2 Å². The minimum Gasteiger partial charge on any atom is -0.455 e. The quantitative estimate of drug-likeness (QED) is 0.160. The normalized spacial score (nSPS) is 20.0. The van der Waals surface area contributed by atoms with Crippen LogP contribution in [0.5, 0.6) is 0 Å².